The molecule has 2 aromatic rings. The van der Waals surface area contributed by atoms with Crippen molar-refractivity contribution in [1.82, 2.24) is 20.0 Å². The number of rotatable bonds is 5. The summed E-state index contributed by atoms with van der Waals surface area (Å²) in [7, 11) is 0. The van der Waals surface area contributed by atoms with Gasteiger partial charge in [-0.3, -0.25) is 9.69 Å². The Hall–Kier alpha value is -1.93. The predicted molar refractivity (Wildman–Crippen MR) is 110 cm³/mol. The smallest absolute Gasteiger partial charge is 0.274 e. The Morgan fingerprint density at radius 3 is 2.66 bits per heavy atom. The molecule has 0 aliphatic carbocycles. The minimum absolute atomic E-state index is 0.117. The van der Waals surface area contributed by atoms with E-state index >= 15 is 0 Å². The van der Waals surface area contributed by atoms with Crippen LogP contribution in [-0.4, -0.2) is 71.8 Å². The van der Waals surface area contributed by atoms with E-state index in [9.17, 15) is 4.79 Å². The van der Waals surface area contributed by atoms with Gasteiger partial charge in [0.25, 0.3) is 5.91 Å². The van der Waals surface area contributed by atoms with Gasteiger partial charge in [0.2, 0.25) is 5.88 Å². The Balaban J connectivity index is 1.32. The summed E-state index contributed by atoms with van der Waals surface area (Å²) in [5.41, 5.74) is 0.298. The standard InChI is InChI=1S/C20H22Cl2N4O3/c21-15-2-1-3-17(19(15)22)29-18-5-4-16(23-24-18)20(27)26-9-7-25(8-10-26)12-14-6-11-28-13-14/h1-5,14H,6-13H2. The third kappa shape index (κ3) is 4.98. The highest BCUT2D eigenvalue weighted by Gasteiger charge is 2.26. The van der Waals surface area contributed by atoms with E-state index < -0.39 is 0 Å². The molecule has 2 fully saturated rings. The number of ether oxygens (including phenoxy) is 2. The molecule has 0 radical (unpaired) electrons. The van der Waals surface area contributed by atoms with Crippen LogP contribution >= 0.6 is 23.2 Å². The van der Waals surface area contributed by atoms with Crippen LogP contribution in [0.4, 0.5) is 0 Å². The van der Waals surface area contributed by atoms with Crippen LogP contribution in [-0.2, 0) is 4.74 Å². The highest BCUT2D eigenvalue weighted by atomic mass is 35.5. The molecule has 0 bridgehead atoms. The van der Waals surface area contributed by atoms with Crippen molar-refractivity contribution in [3.8, 4) is 11.6 Å². The first-order valence-corrected chi connectivity index (χ1v) is 10.4. The SMILES string of the molecule is O=C(c1ccc(Oc2cccc(Cl)c2Cl)nn1)N1CCN(CC2CCOC2)CC1. The molecule has 2 saturated heterocycles. The third-order valence-corrected chi connectivity index (χ3v) is 5.99. The maximum atomic E-state index is 12.7. The summed E-state index contributed by atoms with van der Waals surface area (Å²) in [5.74, 6) is 1.13. The first-order chi connectivity index (χ1) is 14.1. The minimum atomic E-state index is -0.117. The Bertz CT molecular complexity index is 851. The van der Waals surface area contributed by atoms with Gasteiger partial charge in [0.05, 0.1) is 11.6 Å². The number of amides is 1. The third-order valence-electron chi connectivity index (χ3n) is 5.19. The van der Waals surface area contributed by atoms with Crippen molar-refractivity contribution in [2.45, 2.75) is 6.42 Å². The molecule has 1 amide bonds. The maximum absolute atomic E-state index is 12.7. The molecule has 1 aromatic heterocycles. The zero-order valence-corrected chi connectivity index (χ0v) is 17.4. The number of carbonyl (C=O) groups is 1. The first kappa shape index (κ1) is 20.3. The lowest BCUT2D eigenvalue weighted by Crippen LogP contribution is -2.50. The summed E-state index contributed by atoms with van der Waals surface area (Å²) in [6, 6.07) is 8.31. The van der Waals surface area contributed by atoms with E-state index in [1.807, 2.05) is 4.90 Å². The van der Waals surface area contributed by atoms with Gasteiger partial charge in [-0.1, -0.05) is 29.3 Å². The predicted octanol–water partition coefficient (Wildman–Crippen LogP) is 3.37. The minimum Gasteiger partial charge on any atom is -0.436 e. The molecule has 3 heterocycles. The molecule has 154 valence electrons. The lowest BCUT2D eigenvalue weighted by atomic mass is 10.1. The molecule has 2 aliphatic rings. The average molecular weight is 437 g/mol. The van der Waals surface area contributed by atoms with Gasteiger partial charge in [-0.05, 0) is 30.5 Å². The fraction of sp³-hybridized carbons (Fsp3) is 0.450. The molecule has 1 atom stereocenters. The van der Waals surface area contributed by atoms with Crippen LogP contribution in [0.25, 0.3) is 0 Å². The molecule has 0 N–H and O–H groups in total. The normalized spacial score (nSPS) is 20.1. The van der Waals surface area contributed by atoms with Crippen molar-refractivity contribution in [3.63, 3.8) is 0 Å². The highest BCUT2D eigenvalue weighted by molar-refractivity contribution is 6.42. The van der Waals surface area contributed by atoms with E-state index in [1.54, 1.807) is 30.3 Å². The monoisotopic (exact) mass is 436 g/mol. The van der Waals surface area contributed by atoms with E-state index in [-0.39, 0.29) is 11.8 Å². The van der Waals surface area contributed by atoms with Gasteiger partial charge in [-0.15, -0.1) is 10.2 Å². The lowest BCUT2D eigenvalue weighted by molar-refractivity contribution is 0.0604. The summed E-state index contributed by atoms with van der Waals surface area (Å²) in [4.78, 5) is 16.9. The Morgan fingerprint density at radius 1 is 1.14 bits per heavy atom. The Kier molecular flexibility index (Phi) is 6.50. The van der Waals surface area contributed by atoms with Gasteiger partial charge in [0, 0.05) is 45.4 Å². The molecule has 1 aromatic carbocycles. The van der Waals surface area contributed by atoms with Gasteiger partial charge in [0.1, 0.15) is 10.8 Å². The van der Waals surface area contributed by atoms with Crippen LogP contribution in [0.5, 0.6) is 11.6 Å². The first-order valence-electron chi connectivity index (χ1n) is 9.65. The molecule has 7 nitrogen and oxygen atoms in total. The molecule has 1 unspecified atom stereocenters. The van der Waals surface area contributed by atoms with Crippen LogP contribution in [0.15, 0.2) is 30.3 Å². The summed E-state index contributed by atoms with van der Waals surface area (Å²) in [6.45, 7) is 5.86. The number of hydrogen-bond donors (Lipinski definition) is 0. The lowest BCUT2D eigenvalue weighted by Gasteiger charge is -2.35. The van der Waals surface area contributed by atoms with Gasteiger partial charge in [-0.25, -0.2) is 0 Å². The zero-order valence-electron chi connectivity index (χ0n) is 15.9. The fourth-order valence-electron chi connectivity index (χ4n) is 3.55. The Labute approximate surface area is 179 Å². The molecule has 0 saturated carbocycles. The largest absolute Gasteiger partial charge is 0.436 e. The van der Waals surface area contributed by atoms with Crippen LogP contribution in [0.3, 0.4) is 0 Å². The van der Waals surface area contributed by atoms with Crippen LogP contribution in [0, 0.1) is 5.92 Å². The van der Waals surface area contributed by atoms with E-state index in [1.165, 1.54) is 0 Å². The second kappa shape index (κ2) is 9.26. The Morgan fingerprint density at radius 2 is 1.97 bits per heavy atom. The molecule has 2 aliphatic heterocycles. The summed E-state index contributed by atoms with van der Waals surface area (Å²) in [5, 5.41) is 8.73. The number of benzene rings is 1. The van der Waals surface area contributed by atoms with E-state index in [0.717, 1.165) is 39.3 Å². The molecule has 4 rings (SSSR count). The second-order valence-corrected chi connectivity index (χ2v) is 8.02. The number of hydrogen-bond acceptors (Lipinski definition) is 6. The van der Waals surface area contributed by atoms with Gasteiger partial charge in [-0.2, -0.15) is 0 Å². The van der Waals surface area contributed by atoms with E-state index in [4.69, 9.17) is 32.7 Å². The van der Waals surface area contributed by atoms with Crippen molar-refractivity contribution >= 4 is 29.1 Å². The van der Waals surface area contributed by atoms with Gasteiger partial charge >= 0.3 is 0 Å². The highest BCUT2D eigenvalue weighted by Crippen LogP contribution is 2.33. The molecular formula is C20H22Cl2N4O3. The number of halogens is 2. The van der Waals surface area contributed by atoms with Gasteiger partial charge < -0.3 is 14.4 Å². The number of piperazine rings is 1. The summed E-state index contributed by atoms with van der Waals surface area (Å²) >= 11 is 12.1. The van der Waals surface area contributed by atoms with Crippen molar-refractivity contribution in [2.75, 3.05) is 45.9 Å². The topological polar surface area (TPSA) is 67.8 Å². The maximum Gasteiger partial charge on any atom is 0.274 e. The van der Waals surface area contributed by atoms with Crippen molar-refractivity contribution in [1.29, 1.82) is 0 Å². The van der Waals surface area contributed by atoms with E-state index in [2.05, 4.69) is 15.1 Å². The molecular weight excluding hydrogens is 415 g/mol. The van der Waals surface area contributed by atoms with Crippen LogP contribution in [0.2, 0.25) is 10.0 Å². The summed E-state index contributed by atoms with van der Waals surface area (Å²) in [6.07, 6.45) is 1.13. The van der Waals surface area contributed by atoms with Crippen LogP contribution in [0.1, 0.15) is 16.9 Å². The molecule has 9 heteroatoms. The van der Waals surface area contributed by atoms with Crippen molar-refractivity contribution in [2.24, 2.45) is 5.92 Å². The number of nitrogens with zero attached hydrogens (tertiary/aromatic N) is 4. The summed E-state index contributed by atoms with van der Waals surface area (Å²) < 4.78 is 11.1. The molecule has 29 heavy (non-hydrogen) atoms. The zero-order chi connectivity index (χ0) is 20.2. The number of carbonyl (C=O) groups excluding carboxylic acids is 1. The van der Waals surface area contributed by atoms with Crippen LogP contribution < -0.4 is 4.74 Å². The fourth-order valence-corrected chi connectivity index (χ4v) is 3.88. The number of aromatic nitrogens is 2. The van der Waals surface area contributed by atoms with Crippen molar-refractivity contribution in [3.05, 3.63) is 46.1 Å². The average Bonchev–Trinajstić information content (AvgIpc) is 3.25. The second-order valence-electron chi connectivity index (χ2n) is 7.23. The quantitative estimate of drug-likeness (QED) is 0.715. The van der Waals surface area contributed by atoms with Gasteiger partial charge in [0.15, 0.2) is 5.69 Å². The molecule has 0 spiro atoms. The van der Waals surface area contributed by atoms with Crippen molar-refractivity contribution < 1.29 is 14.3 Å². The van der Waals surface area contributed by atoms with E-state index in [0.29, 0.717) is 40.5 Å².